The van der Waals surface area contributed by atoms with Crippen molar-refractivity contribution in [3.05, 3.63) is 101 Å². The predicted molar refractivity (Wildman–Crippen MR) is 157 cm³/mol. The van der Waals surface area contributed by atoms with Crippen LogP contribution in [0.1, 0.15) is 61.6 Å². The van der Waals surface area contributed by atoms with Crippen LogP contribution in [0, 0.1) is 17.5 Å². The number of carbonyl (C=O) groups excluding carboxylic acids is 1. The lowest BCUT2D eigenvalue weighted by atomic mass is 9.88. The monoisotopic (exact) mass is 599 g/mol. The largest absolute Gasteiger partial charge is 0.326 e. The van der Waals surface area contributed by atoms with Gasteiger partial charge in [-0.1, -0.05) is 30.3 Å². The second-order valence-corrected chi connectivity index (χ2v) is 13.4. The third-order valence-electron chi connectivity index (χ3n) is 8.10. The zero-order chi connectivity index (χ0) is 29.9. The van der Waals surface area contributed by atoms with E-state index in [0.717, 1.165) is 0 Å². The highest BCUT2D eigenvalue weighted by molar-refractivity contribution is 7.90. The van der Waals surface area contributed by atoms with E-state index < -0.39 is 39.3 Å². The van der Waals surface area contributed by atoms with Crippen molar-refractivity contribution in [2.24, 2.45) is 0 Å². The van der Waals surface area contributed by atoms with Crippen molar-refractivity contribution in [2.75, 3.05) is 18.4 Å². The van der Waals surface area contributed by atoms with Crippen molar-refractivity contribution in [2.45, 2.75) is 68.7 Å². The Labute approximate surface area is 245 Å². The fourth-order valence-electron chi connectivity index (χ4n) is 5.93. The number of halogens is 3. The Bertz CT molecular complexity index is 1480. The summed E-state index contributed by atoms with van der Waals surface area (Å²) in [5, 5.41) is 5.83. The molecule has 0 spiro atoms. The van der Waals surface area contributed by atoms with Crippen LogP contribution < -0.4 is 10.6 Å². The minimum atomic E-state index is -3.36. The van der Waals surface area contributed by atoms with E-state index in [1.54, 1.807) is 34.6 Å². The second kappa shape index (κ2) is 13.0. The standard InChI is InChI=1S/C32H36F3N3O3S/c1-21-19-36-20-26(38(21)42(40,41)27-14-15-27)10-4-11-28-30(35)12-5-13-31(28)37-32(39)18-29(22-6-2-8-24(33)16-22)23-7-3-9-25(34)17-23/h2-3,5-9,12-13,16-17,21,26-27,29,36H,4,10-11,14-15,18-20H2,1H3,(H,37,39). The quantitative estimate of drug-likeness (QED) is 0.295. The third kappa shape index (κ3) is 7.04. The third-order valence-corrected chi connectivity index (χ3v) is 10.7. The summed E-state index contributed by atoms with van der Waals surface area (Å²) in [6.07, 6.45) is 2.66. The van der Waals surface area contributed by atoms with Crippen molar-refractivity contribution >= 4 is 21.6 Å². The molecule has 1 heterocycles. The van der Waals surface area contributed by atoms with E-state index in [1.807, 2.05) is 6.92 Å². The smallest absolute Gasteiger partial charge is 0.225 e. The Morgan fingerprint density at radius 1 is 0.976 bits per heavy atom. The Kier molecular flexibility index (Phi) is 9.35. The molecule has 5 rings (SSSR count). The van der Waals surface area contributed by atoms with Gasteiger partial charge in [-0.3, -0.25) is 4.79 Å². The number of sulfonamides is 1. The van der Waals surface area contributed by atoms with E-state index in [-0.39, 0.29) is 23.8 Å². The molecule has 1 aliphatic heterocycles. The summed E-state index contributed by atoms with van der Waals surface area (Å²) >= 11 is 0. The molecule has 2 N–H and O–H groups in total. The van der Waals surface area contributed by atoms with Gasteiger partial charge in [0.25, 0.3) is 0 Å². The van der Waals surface area contributed by atoms with Crippen LogP contribution >= 0.6 is 0 Å². The highest BCUT2D eigenvalue weighted by Gasteiger charge is 2.45. The molecular formula is C32H36F3N3O3S. The first-order chi connectivity index (χ1) is 20.1. The van der Waals surface area contributed by atoms with E-state index in [9.17, 15) is 22.0 Å². The first-order valence-corrected chi connectivity index (χ1v) is 15.9. The van der Waals surface area contributed by atoms with Gasteiger partial charge in [-0.2, -0.15) is 4.31 Å². The lowest BCUT2D eigenvalue weighted by Crippen LogP contribution is -2.58. The zero-order valence-corrected chi connectivity index (χ0v) is 24.3. The van der Waals surface area contributed by atoms with Gasteiger partial charge in [0.15, 0.2) is 0 Å². The number of amides is 1. The predicted octanol–water partition coefficient (Wildman–Crippen LogP) is 5.74. The summed E-state index contributed by atoms with van der Waals surface area (Å²) in [7, 11) is -3.36. The number of nitrogens with one attached hydrogen (secondary N) is 2. The summed E-state index contributed by atoms with van der Waals surface area (Å²) in [6, 6.07) is 15.8. The van der Waals surface area contributed by atoms with Crippen LogP contribution in [0.2, 0.25) is 0 Å². The Balaban J connectivity index is 1.29. The number of carbonyl (C=O) groups is 1. The van der Waals surface area contributed by atoms with Gasteiger partial charge in [0.2, 0.25) is 15.9 Å². The van der Waals surface area contributed by atoms with E-state index >= 15 is 4.39 Å². The minimum absolute atomic E-state index is 0.109. The topological polar surface area (TPSA) is 78.5 Å². The molecule has 3 aromatic carbocycles. The SMILES string of the molecule is CC1CNCC(CCCc2c(F)cccc2NC(=O)CC(c2cccc(F)c2)c2cccc(F)c2)N1S(=O)(=O)C1CC1. The van der Waals surface area contributed by atoms with E-state index in [0.29, 0.717) is 67.6 Å². The first-order valence-electron chi connectivity index (χ1n) is 14.4. The van der Waals surface area contributed by atoms with E-state index in [2.05, 4.69) is 10.6 Å². The summed E-state index contributed by atoms with van der Waals surface area (Å²) in [6.45, 7) is 3.04. The van der Waals surface area contributed by atoms with Gasteiger partial charge in [-0.15, -0.1) is 0 Å². The number of nitrogens with zero attached hydrogens (tertiary/aromatic N) is 1. The molecule has 6 nitrogen and oxygen atoms in total. The van der Waals surface area contributed by atoms with E-state index in [4.69, 9.17) is 0 Å². The maximum atomic E-state index is 15.0. The Morgan fingerprint density at radius 2 is 1.62 bits per heavy atom. The fourth-order valence-corrected chi connectivity index (χ4v) is 8.18. The van der Waals surface area contributed by atoms with Gasteiger partial charge >= 0.3 is 0 Å². The number of hydrogen-bond donors (Lipinski definition) is 2. The lowest BCUT2D eigenvalue weighted by molar-refractivity contribution is -0.116. The molecule has 0 radical (unpaired) electrons. The maximum Gasteiger partial charge on any atom is 0.225 e. The second-order valence-electron chi connectivity index (χ2n) is 11.3. The number of piperazine rings is 1. The van der Waals surface area contributed by atoms with Crippen LogP contribution in [-0.2, 0) is 21.2 Å². The first kappa shape index (κ1) is 30.3. The van der Waals surface area contributed by atoms with Crippen molar-refractivity contribution in [1.82, 2.24) is 9.62 Å². The van der Waals surface area contributed by atoms with Crippen LogP contribution in [-0.4, -0.2) is 49.1 Å². The molecule has 2 fully saturated rings. The molecule has 3 aromatic rings. The Morgan fingerprint density at radius 3 is 2.24 bits per heavy atom. The van der Waals surface area contributed by atoms with Gasteiger partial charge in [-0.25, -0.2) is 21.6 Å². The van der Waals surface area contributed by atoms with Crippen LogP contribution in [0.4, 0.5) is 18.9 Å². The molecule has 1 saturated carbocycles. The molecule has 0 aromatic heterocycles. The van der Waals surface area contributed by atoms with Crippen molar-refractivity contribution in [3.8, 4) is 0 Å². The normalized spacial score (nSPS) is 19.6. The zero-order valence-electron chi connectivity index (χ0n) is 23.5. The highest BCUT2D eigenvalue weighted by atomic mass is 32.2. The summed E-state index contributed by atoms with van der Waals surface area (Å²) < 4.78 is 71.0. The van der Waals surface area contributed by atoms with Gasteiger partial charge in [-0.05, 0) is 86.6 Å². The minimum Gasteiger partial charge on any atom is -0.326 e. The molecule has 0 bridgehead atoms. The number of anilines is 1. The number of hydrogen-bond acceptors (Lipinski definition) is 4. The van der Waals surface area contributed by atoms with Gasteiger partial charge in [0.1, 0.15) is 17.5 Å². The molecule has 42 heavy (non-hydrogen) atoms. The summed E-state index contributed by atoms with van der Waals surface area (Å²) in [4.78, 5) is 13.3. The Hall–Kier alpha value is -3.21. The number of benzene rings is 3. The molecule has 1 amide bonds. The van der Waals surface area contributed by atoms with E-state index in [1.165, 1.54) is 36.4 Å². The molecule has 224 valence electrons. The van der Waals surface area contributed by atoms with Gasteiger partial charge < -0.3 is 10.6 Å². The van der Waals surface area contributed by atoms with Crippen LogP contribution in [0.25, 0.3) is 0 Å². The fraction of sp³-hybridized carbons (Fsp3) is 0.406. The molecule has 1 saturated heterocycles. The van der Waals surface area contributed by atoms with Gasteiger partial charge in [0, 0.05) is 48.8 Å². The summed E-state index contributed by atoms with van der Waals surface area (Å²) in [5.74, 6) is -2.43. The molecule has 1 aliphatic carbocycles. The average molecular weight is 600 g/mol. The van der Waals surface area contributed by atoms with Crippen LogP contribution in [0.15, 0.2) is 66.7 Å². The summed E-state index contributed by atoms with van der Waals surface area (Å²) in [5.41, 5.74) is 1.72. The molecule has 10 heteroatoms. The van der Waals surface area contributed by atoms with Crippen LogP contribution in [0.3, 0.4) is 0 Å². The highest BCUT2D eigenvalue weighted by Crippen LogP contribution is 2.35. The maximum absolute atomic E-state index is 15.0. The molecule has 2 atom stereocenters. The van der Waals surface area contributed by atoms with Crippen molar-refractivity contribution < 1.29 is 26.4 Å². The molecular weight excluding hydrogens is 563 g/mol. The van der Waals surface area contributed by atoms with Crippen molar-refractivity contribution in [3.63, 3.8) is 0 Å². The van der Waals surface area contributed by atoms with Crippen molar-refractivity contribution in [1.29, 1.82) is 0 Å². The lowest BCUT2D eigenvalue weighted by Gasteiger charge is -2.40. The van der Waals surface area contributed by atoms with Gasteiger partial charge in [0.05, 0.1) is 5.25 Å². The molecule has 2 unspecified atom stereocenters. The average Bonchev–Trinajstić information content (AvgIpc) is 3.80. The molecule has 2 aliphatic rings. The van der Waals surface area contributed by atoms with Crippen LogP contribution in [0.5, 0.6) is 0 Å². The number of rotatable bonds is 11.